The maximum atomic E-state index is 13.7. The fourth-order valence-electron chi connectivity index (χ4n) is 7.69. The number of aromatic nitrogens is 4. The molecule has 2 saturated carbocycles. The van der Waals surface area contributed by atoms with E-state index >= 15 is 0 Å². The van der Waals surface area contributed by atoms with Crippen LogP contribution in [0.5, 0.6) is 17.2 Å². The van der Waals surface area contributed by atoms with Crippen molar-refractivity contribution in [2.75, 3.05) is 26.9 Å². The number of amides is 1. The summed E-state index contributed by atoms with van der Waals surface area (Å²) in [6, 6.07) is 16.3. The lowest BCUT2D eigenvalue weighted by Gasteiger charge is -2.27. The van der Waals surface area contributed by atoms with Gasteiger partial charge in [-0.05, 0) is 86.1 Å². The molecule has 5 heterocycles. The normalized spacial score (nSPS) is 22.1. The number of rotatable bonds is 6. The van der Waals surface area contributed by atoms with Gasteiger partial charge in [-0.2, -0.15) is 0 Å². The van der Waals surface area contributed by atoms with Crippen molar-refractivity contribution in [2.45, 2.75) is 44.3 Å². The first-order valence-electron chi connectivity index (χ1n) is 16.0. The number of pyridine rings is 1. The van der Waals surface area contributed by atoms with Crippen LogP contribution in [0.15, 0.2) is 48.5 Å². The number of nitrogens with zero attached hydrogens (tertiary/aromatic N) is 5. The Morgan fingerprint density at radius 3 is 2.60 bits per heavy atom. The number of fused-ring (bicyclic) bond motifs is 5. The molecule has 10 heteroatoms. The minimum atomic E-state index is 0.00349. The molecule has 3 atom stereocenters. The predicted octanol–water partition coefficient (Wildman–Crippen LogP) is 5.01. The number of carbonyl (C=O) groups excluding carboxylic acids is 1. The highest BCUT2D eigenvalue weighted by molar-refractivity contribution is 6.00. The van der Waals surface area contributed by atoms with Crippen LogP contribution in [0.3, 0.4) is 0 Å². The van der Waals surface area contributed by atoms with Crippen LogP contribution in [0, 0.1) is 11.8 Å². The van der Waals surface area contributed by atoms with Crippen LogP contribution in [-0.4, -0.2) is 68.9 Å². The second kappa shape index (κ2) is 9.97. The van der Waals surface area contributed by atoms with Gasteiger partial charge < -0.3 is 34.0 Å². The van der Waals surface area contributed by atoms with Crippen molar-refractivity contribution >= 4 is 28.0 Å². The Labute approximate surface area is 260 Å². The summed E-state index contributed by atoms with van der Waals surface area (Å²) in [4.78, 5) is 26.0. The minimum Gasteiger partial charge on any atom is -0.494 e. The van der Waals surface area contributed by atoms with Gasteiger partial charge in [0.15, 0.2) is 17.3 Å². The summed E-state index contributed by atoms with van der Waals surface area (Å²) in [5.41, 5.74) is 12.4. The molecule has 5 aromatic rings. The number of methoxy groups -OCH3 is 1. The van der Waals surface area contributed by atoms with Crippen molar-refractivity contribution in [3.8, 4) is 40.0 Å². The Hall–Kier alpha value is -4.57. The van der Waals surface area contributed by atoms with Gasteiger partial charge in [-0.25, -0.2) is 9.97 Å². The molecule has 4 aliphatic rings. The lowest BCUT2D eigenvalue weighted by atomic mass is 10.1. The van der Waals surface area contributed by atoms with Crippen LogP contribution >= 0.6 is 0 Å². The van der Waals surface area contributed by atoms with Crippen molar-refractivity contribution in [1.82, 2.24) is 24.0 Å². The molecule has 3 fully saturated rings. The van der Waals surface area contributed by atoms with Gasteiger partial charge in [0.05, 0.1) is 24.0 Å². The Balaban J connectivity index is 1.14. The van der Waals surface area contributed by atoms with Gasteiger partial charge in [0, 0.05) is 48.7 Å². The average molecular weight is 605 g/mol. The summed E-state index contributed by atoms with van der Waals surface area (Å²) in [5, 5.41) is 1.06. The van der Waals surface area contributed by atoms with Gasteiger partial charge in [-0.15, -0.1) is 0 Å². The van der Waals surface area contributed by atoms with Crippen molar-refractivity contribution in [2.24, 2.45) is 24.6 Å². The number of imidazole rings is 1. The number of carbonyl (C=O) groups is 1. The summed E-state index contributed by atoms with van der Waals surface area (Å²) in [7, 11) is 3.66. The predicted molar refractivity (Wildman–Crippen MR) is 171 cm³/mol. The van der Waals surface area contributed by atoms with Crippen LogP contribution in [0.1, 0.15) is 36.0 Å². The van der Waals surface area contributed by atoms with E-state index in [1.807, 2.05) is 42.3 Å². The van der Waals surface area contributed by atoms with Gasteiger partial charge in [0.1, 0.15) is 30.1 Å². The second-order valence-corrected chi connectivity index (χ2v) is 13.0. The molecule has 45 heavy (non-hydrogen) atoms. The van der Waals surface area contributed by atoms with Crippen molar-refractivity contribution < 1.29 is 19.0 Å². The SMILES string of the molecule is COc1cc(C(=O)N2C[C@H]3CC[C@@H]2[C@@H]3N)cc2nc(-c3cc4ccc(-c5ccc6c(c5)OCCO6)nc4n3CC3CC3)n(C)c12. The number of nitrogens with two attached hydrogens (primary N) is 1. The zero-order valence-electron chi connectivity index (χ0n) is 25.5. The number of hydrogen-bond donors (Lipinski definition) is 1. The van der Waals surface area contributed by atoms with Crippen LogP contribution in [0.25, 0.3) is 44.8 Å². The number of ether oxygens (including phenoxy) is 3. The molecule has 0 radical (unpaired) electrons. The fraction of sp³-hybridized carbons (Fsp3) is 0.400. The largest absolute Gasteiger partial charge is 0.494 e. The quantitative estimate of drug-likeness (QED) is 0.290. The Morgan fingerprint density at radius 2 is 1.84 bits per heavy atom. The first-order chi connectivity index (χ1) is 22.0. The number of aryl methyl sites for hydroxylation is 1. The molecule has 9 rings (SSSR count). The second-order valence-electron chi connectivity index (χ2n) is 13.0. The lowest BCUT2D eigenvalue weighted by Crippen LogP contribution is -2.41. The highest BCUT2D eigenvalue weighted by Gasteiger charge is 2.47. The van der Waals surface area contributed by atoms with Crippen molar-refractivity contribution in [3.05, 3.63) is 54.1 Å². The molecule has 1 amide bonds. The molecular formula is C35H36N6O4. The maximum absolute atomic E-state index is 13.7. The average Bonchev–Trinajstić information content (AvgIpc) is 3.47. The Bertz CT molecular complexity index is 2010. The molecule has 0 unspecified atom stereocenters. The van der Waals surface area contributed by atoms with E-state index in [0.717, 1.165) is 82.3 Å². The molecule has 3 aromatic heterocycles. The van der Waals surface area contributed by atoms with Gasteiger partial charge in [-0.3, -0.25) is 4.79 Å². The van der Waals surface area contributed by atoms with E-state index in [4.69, 9.17) is 29.9 Å². The number of benzene rings is 2. The number of piperidine rings is 1. The topological polar surface area (TPSA) is 110 Å². The van der Waals surface area contributed by atoms with Crippen molar-refractivity contribution in [1.29, 1.82) is 0 Å². The molecule has 2 aliphatic heterocycles. The number of likely N-dealkylation sites (tertiary alicyclic amines) is 1. The van der Waals surface area contributed by atoms with Crippen LogP contribution in [-0.2, 0) is 13.6 Å². The molecule has 2 aliphatic carbocycles. The van der Waals surface area contributed by atoms with E-state index in [2.05, 4.69) is 27.3 Å². The first kappa shape index (κ1) is 26.8. The van der Waals surface area contributed by atoms with E-state index in [1.54, 1.807) is 7.11 Å². The molecule has 10 nitrogen and oxygen atoms in total. The monoisotopic (exact) mass is 604 g/mol. The third-order valence-corrected chi connectivity index (χ3v) is 10.3. The number of hydrogen-bond acceptors (Lipinski definition) is 7. The van der Waals surface area contributed by atoms with Gasteiger partial charge in [-0.1, -0.05) is 0 Å². The molecule has 230 valence electrons. The van der Waals surface area contributed by atoms with E-state index < -0.39 is 0 Å². The Kier molecular flexibility index (Phi) is 5.94. The first-order valence-corrected chi connectivity index (χ1v) is 16.0. The summed E-state index contributed by atoms with van der Waals surface area (Å²) in [6.45, 7) is 2.70. The van der Waals surface area contributed by atoms with E-state index in [1.165, 1.54) is 12.8 Å². The molecule has 0 spiro atoms. The molecule has 1 saturated heterocycles. The van der Waals surface area contributed by atoms with Crippen LogP contribution in [0.4, 0.5) is 0 Å². The van der Waals surface area contributed by atoms with Crippen molar-refractivity contribution in [3.63, 3.8) is 0 Å². The van der Waals surface area contributed by atoms with Gasteiger partial charge in [0.2, 0.25) is 0 Å². The zero-order valence-corrected chi connectivity index (χ0v) is 25.5. The zero-order chi connectivity index (χ0) is 30.4. The summed E-state index contributed by atoms with van der Waals surface area (Å²) in [6.07, 6.45) is 4.50. The molecule has 2 bridgehead atoms. The third kappa shape index (κ3) is 4.22. The standard InChI is InChI=1S/C35H36N6O4/c1-39-32-25(13-23(16-30(32)43-2)35(42)41-18-22-6-9-26(41)31(22)36)38-34(39)27-14-21-5-8-24(37-33(21)40(27)17-19-3-4-19)20-7-10-28-29(15-20)45-12-11-44-28/h5,7-8,10,13-16,19,22,26,31H,3-4,6,9,11-12,17-18,36H2,1-2H3/t22-,26-,31-/m1/s1. The molecular weight excluding hydrogens is 568 g/mol. The van der Waals surface area contributed by atoms with E-state index in [9.17, 15) is 4.79 Å². The van der Waals surface area contributed by atoms with Gasteiger partial charge in [0.25, 0.3) is 5.91 Å². The fourth-order valence-corrected chi connectivity index (χ4v) is 7.69. The summed E-state index contributed by atoms with van der Waals surface area (Å²) in [5.74, 6) is 3.98. The van der Waals surface area contributed by atoms with E-state index in [0.29, 0.717) is 36.4 Å². The molecule has 2 N–H and O–H groups in total. The highest BCUT2D eigenvalue weighted by atomic mass is 16.6. The lowest BCUT2D eigenvalue weighted by molar-refractivity contribution is 0.0700. The minimum absolute atomic E-state index is 0.00349. The van der Waals surface area contributed by atoms with E-state index in [-0.39, 0.29) is 18.0 Å². The maximum Gasteiger partial charge on any atom is 0.254 e. The van der Waals surface area contributed by atoms with Gasteiger partial charge >= 0.3 is 0 Å². The summed E-state index contributed by atoms with van der Waals surface area (Å²) < 4.78 is 21.8. The van der Waals surface area contributed by atoms with Crippen LogP contribution < -0.4 is 19.9 Å². The Morgan fingerprint density at radius 1 is 1.00 bits per heavy atom. The van der Waals surface area contributed by atoms with Crippen LogP contribution in [0.2, 0.25) is 0 Å². The highest BCUT2D eigenvalue weighted by Crippen LogP contribution is 2.41. The smallest absolute Gasteiger partial charge is 0.254 e. The molecule has 2 aromatic carbocycles. The third-order valence-electron chi connectivity index (χ3n) is 10.3. The summed E-state index contributed by atoms with van der Waals surface area (Å²) >= 11 is 0.